The van der Waals surface area contributed by atoms with Gasteiger partial charge in [0.2, 0.25) is 0 Å². The number of rotatable bonds is 8. The summed E-state index contributed by atoms with van der Waals surface area (Å²) in [4.78, 5) is 24.9. The molecule has 254 valence electrons. The molecule has 0 unspecified atom stereocenters. The molecule has 0 saturated heterocycles. The first kappa shape index (κ1) is 43.4. The summed E-state index contributed by atoms with van der Waals surface area (Å²) in [7, 11) is -1.75. The van der Waals surface area contributed by atoms with Gasteiger partial charge in [-0.05, 0) is 72.8 Å². The minimum Gasteiger partial charge on any atom is -0.614 e. The van der Waals surface area contributed by atoms with Gasteiger partial charge in [0.1, 0.15) is 31.8 Å². The number of carbonyl (C=O) groups excluding carboxylic acids is 3. The molecule has 0 aliphatic heterocycles. The number of benzene rings is 6. The second-order valence-corrected chi connectivity index (χ2v) is 15.0. The van der Waals surface area contributed by atoms with Crippen LogP contribution in [0, 0.1) is 0 Å². The Morgan fingerprint density at radius 3 is 0.760 bits per heavy atom. The Morgan fingerprint density at radius 2 is 0.640 bits per heavy atom. The van der Waals surface area contributed by atoms with E-state index in [1.54, 1.807) is 19.9 Å². The molecule has 0 aliphatic rings. The smallest absolute Gasteiger partial charge is 0.614 e. The molecule has 6 aromatic carbocycles. The molecule has 0 amide bonds. The van der Waals surface area contributed by atoms with Crippen LogP contribution < -0.4 is 31.8 Å². The third-order valence-corrected chi connectivity index (χ3v) is 12.4. The first-order valence-corrected chi connectivity index (χ1v) is 18.4. The Kier molecular flexibility index (Phi) is 23.6. The molecule has 0 saturated carbocycles. The maximum absolute atomic E-state index is 9.39. The normalized spacial score (nSPS) is 9.72. The van der Waals surface area contributed by atoms with Crippen LogP contribution in [0.3, 0.4) is 0 Å². The molecule has 0 heterocycles. The molecule has 0 aliphatic carbocycles. The molecule has 0 radical (unpaired) electrons. The van der Waals surface area contributed by atoms with Crippen LogP contribution in [0.25, 0.3) is 0 Å². The number of ether oxygens (including phenoxy) is 1. The molecule has 50 heavy (non-hydrogen) atoms. The minimum absolute atomic E-state index is 0. The van der Waals surface area contributed by atoms with Gasteiger partial charge in [0.15, 0.2) is 6.47 Å². The van der Waals surface area contributed by atoms with Crippen LogP contribution >= 0.6 is 15.8 Å². The Labute approximate surface area is 312 Å². The van der Waals surface area contributed by atoms with Crippen molar-refractivity contribution in [3.05, 3.63) is 194 Å². The third-order valence-electron chi connectivity index (χ3n) is 6.98. The Hall–Kier alpha value is -4.65. The fourth-order valence-corrected chi connectivity index (χ4v) is 9.91. The van der Waals surface area contributed by atoms with E-state index in [0.29, 0.717) is 5.76 Å². The molecular weight excluding hydrogens is 745 g/mol. The summed E-state index contributed by atoms with van der Waals surface area (Å²) in [5, 5.41) is 8.61. The summed E-state index contributed by atoms with van der Waals surface area (Å²) in [6, 6.07) is 65.0. The van der Waals surface area contributed by atoms with Crippen LogP contribution in [0.1, 0.15) is 13.8 Å². The largest absolute Gasteiger partial charge is 3.00 e. The molecule has 0 spiro atoms. The van der Waals surface area contributed by atoms with E-state index in [0.717, 1.165) is 0 Å². The Balaban J connectivity index is 0.000000384. The van der Waals surface area contributed by atoms with Crippen molar-refractivity contribution >= 4 is 67.7 Å². The summed E-state index contributed by atoms with van der Waals surface area (Å²) < 4.78 is 4.25. The van der Waals surface area contributed by atoms with Gasteiger partial charge in [0.25, 0.3) is 0 Å². The maximum Gasteiger partial charge on any atom is 3.00 e. The van der Waals surface area contributed by atoms with Gasteiger partial charge in [-0.3, -0.25) is 13.6 Å². The van der Waals surface area contributed by atoms with Gasteiger partial charge in [-0.25, -0.2) is 0 Å². The molecular formula is C43H41O4P2Rh+2. The molecule has 0 fully saturated rings. The van der Waals surface area contributed by atoms with E-state index >= 15 is 0 Å². The quantitative estimate of drug-likeness (QED) is 0.0561. The van der Waals surface area contributed by atoms with Crippen LogP contribution in [0.4, 0.5) is 0 Å². The summed E-state index contributed by atoms with van der Waals surface area (Å²) in [5.41, 5.74) is 0. The number of hydrogen-bond acceptors (Lipinski definition) is 4. The van der Waals surface area contributed by atoms with Crippen LogP contribution in [0.5, 0.6) is 0 Å². The molecule has 0 N–H and O–H groups in total. The Morgan fingerprint density at radius 1 is 0.460 bits per heavy atom. The molecule has 0 atom stereocenters. The monoisotopic (exact) mass is 786 g/mol. The van der Waals surface area contributed by atoms with Crippen molar-refractivity contribution in [3.63, 3.8) is 0 Å². The molecule has 6 aromatic rings. The van der Waals surface area contributed by atoms with Gasteiger partial charge >= 0.3 is 19.5 Å². The first-order valence-electron chi connectivity index (χ1n) is 15.4. The van der Waals surface area contributed by atoms with E-state index < -0.39 is 15.8 Å². The third kappa shape index (κ3) is 14.9. The van der Waals surface area contributed by atoms with Crippen LogP contribution in [0.15, 0.2) is 194 Å². The van der Waals surface area contributed by atoms with Crippen molar-refractivity contribution in [3.8, 4) is 0 Å². The van der Waals surface area contributed by atoms with E-state index in [4.69, 9.17) is 9.59 Å². The summed E-state index contributed by atoms with van der Waals surface area (Å²) in [6.45, 7) is 11.3. The van der Waals surface area contributed by atoms with Crippen molar-refractivity contribution in [2.45, 2.75) is 13.8 Å². The standard InChI is InChI=1S/2C18H15P.C5H7O2.2CHO.Rh/c2*1-4-10-16(11-5-1)19(17-12-6-2-7-13-17)18-14-8-3-9-15-18;1-3-5(2)7-4-6;2*1-2;/h2*1-15H;3H,1-2H3;2*1H;/q;;3*-1;+3/p+2/b;;5-3+;;;. The van der Waals surface area contributed by atoms with E-state index in [2.05, 4.69) is 200 Å². The number of hydrogen-bond donors (Lipinski definition) is 0. The summed E-state index contributed by atoms with van der Waals surface area (Å²) in [5.74, 6) is 0.579. The zero-order valence-corrected chi connectivity index (χ0v) is 31.7. The maximum atomic E-state index is 9.39. The average Bonchev–Trinajstić information content (AvgIpc) is 3.20. The van der Waals surface area contributed by atoms with E-state index in [1.165, 1.54) is 38.3 Å². The van der Waals surface area contributed by atoms with Gasteiger partial charge in [-0.1, -0.05) is 129 Å². The molecule has 6 rings (SSSR count). The molecule has 0 aromatic heterocycles. The van der Waals surface area contributed by atoms with Crippen molar-refractivity contribution in [1.82, 2.24) is 0 Å². The summed E-state index contributed by atoms with van der Waals surface area (Å²) in [6.07, 6.45) is 1.69. The minimum atomic E-state index is -0.877. The van der Waals surface area contributed by atoms with E-state index in [1.807, 2.05) is 0 Å². The van der Waals surface area contributed by atoms with Crippen molar-refractivity contribution < 1.29 is 38.6 Å². The zero-order chi connectivity index (χ0) is 35.5. The molecule has 0 bridgehead atoms. The van der Waals surface area contributed by atoms with Crippen molar-refractivity contribution in [2.75, 3.05) is 0 Å². The second kappa shape index (κ2) is 27.2. The fraction of sp³-hybridized carbons (Fsp3) is 0.0465. The van der Waals surface area contributed by atoms with Gasteiger partial charge in [0, 0.05) is 0 Å². The van der Waals surface area contributed by atoms with Crippen LogP contribution in [0.2, 0.25) is 0 Å². The average molecular weight is 787 g/mol. The Bertz CT molecular complexity index is 1420. The molecule has 7 heteroatoms. The predicted octanol–water partition coefficient (Wildman–Crippen LogP) is 6.80. The van der Waals surface area contributed by atoms with E-state index in [9.17, 15) is 4.79 Å². The zero-order valence-electron chi connectivity index (χ0n) is 28.0. The SMILES string of the molecule is C/C=C(\C)O[C-]=O.[CH-]=O.[CH-]=O.[Rh+3].c1ccc([PH+](c2ccccc2)c2ccccc2)cc1.c1ccc([PH+](c2ccccc2)c2ccccc2)cc1. The van der Waals surface area contributed by atoms with Gasteiger partial charge < -0.3 is 19.1 Å². The predicted molar refractivity (Wildman–Crippen MR) is 213 cm³/mol. The fourth-order valence-electron chi connectivity index (χ4n) is 4.75. The van der Waals surface area contributed by atoms with Gasteiger partial charge in [0.05, 0.1) is 15.8 Å². The topological polar surface area (TPSA) is 60.4 Å². The van der Waals surface area contributed by atoms with Gasteiger partial charge in [-0.15, -0.1) is 6.08 Å². The number of allylic oxidation sites excluding steroid dienone is 2. The van der Waals surface area contributed by atoms with Crippen LogP contribution in [-0.4, -0.2) is 20.1 Å². The van der Waals surface area contributed by atoms with E-state index in [-0.39, 0.29) is 19.5 Å². The van der Waals surface area contributed by atoms with Crippen LogP contribution in [-0.2, 0) is 38.6 Å². The second-order valence-electron chi connectivity index (χ2n) is 10.0. The molecule has 4 nitrogen and oxygen atoms in total. The van der Waals surface area contributed by atoms with Crippen molar-refractivity contribution in [1.29, 1.82) is 0 Å². The first-order chi connectivity index (χ1) is 24.2. The van der Waals surface area contributed by atoms with Crippen molar-refractivity contribution in [2.24, 2.45) is 0 Å². The summed E-state index contributed by atoms with van der Waals surface area (Å²) >= 11 is 0. The van der Waals surface area contributed by atoms with Gasteiger partial charge in [-0.2, -0.15) is 0 Å².